The molecule has 36 heavy (non-hydrogen) atoms. The van der Waals surface area contributed by atoms with Gasteiger partial charge in [-0.1, -0.05) is 106 Å². The minimum atomic E-state index is -1.45. The number of benzene rings is 4. The maximum absolute atomic E-state index is 8.56. The molecule has 0 saturated carbocycles. The molecular weight excluding hydrogens is 440 g/mol. The number of nitrogens with zero attached hydrogens (tertiary/aromatic N) is 2. The summed E-state index contributed by atoms with van der Waals surface area (Å²) < 4.78 is 23.7. The van der Waals surface area contributed by atoms with Gasteiger partial charge in [-0.3, -0.25) is 0 Å². The summed E-state index contributed by atoms with van der Waals surface area (Å²) in [5, 5.41) is 2.12. The van der Waals surface area contributed by atoms with E-state index in [0.717, 1.165) is 55.6 Å². The number of rotatable bonds is 4. The van der Waals surface area contributed by atoms with Crippen molar-refractivity contribution >= 4 is 21.9 Å². The van der Waals surface area contributed by atoms with Crippen LogP contribution in [0.5, 0.6) is 0 Å². The monoisotopic (exact) mass is 470 g/mol. The predicted molar refractivity (Wildman–Crippen MR) is 149 cm³/mol. The van der Waals surface area contributed by atoms with Crippen molar-refractivity contribution in [2.75, 3.05) is 0 Å². The molecule has 0 radical (unpaired) electrons. The van der Waals surface area contributed by atoms with Crippen molar-refractivity contribution in [3.63, 3.8) is 0 Å². The zero-order valence-electron chi connectivity index (χ0n) is 22.6. The van der Waals surface area contributed by atoms with Crippen LogP contribution in [0.4, 0.5) is 0 Å². The summed E-state index contributed by atoms with van der Waals surface area (Å²) in [6, 6.07) is 32.2. The van der Waals surface area contributed by atoms with Gasteiger partial charge in [-0.05, 0) is 35.0 Å². The Bertz CT molecular complexity index is 1770. The van der Waals surface area contributed by atoms with E-state index in [-0.39, 0.29) is 0 Å². The second-order valence-corrected chi connectivity index (χ2v) is 10.1. The van der Waals surface area contributed by atoms with Crippen molar-refractivity contribution in [3.05, 3.63) is 109 Å². The second-order valence-electron chi connectivity index (χ2n) is 10.1. The SMILES string of the molecule is [2H]C([2H])(c1ccc(-c2cc(-c3cccc4c3oc3c(-c5ccccc5)cccc34)ncn2)cc1)C(C)(C)C. The van der Waals surface area contributed by atoms with Crippen LogP contribution in [0.15, 0.2) is 108 Å². The predicted octanol–water partition coefficient (Wildman–Crippen LogP) is 8.97. The summed E-state index contributed by atoms with van der Waals surface area (Å²) in [6.45, 7) is 5.75. The zero-order valence-corrected chi connectivity index (χ0v) is 20.6. The minimum Gasteiger partial charge on any atom is -0.455 e. The average molecular weight is 471 g/mol. The van der Waals surface area contributed by atoms with Crippen LogP contribution < -0.4 is 0 Å². The number of fused-ring (bicyclic) bond motifs is 3. The number of aromatic nitrogens is 2. The Balaban J connectivity index is 1.44. The fourth-order valence-electron chi connectivity index (χ4n) is 4.69. The molecule has 0 aliphatic carbocycles. The van der Waals surface area contributed by atoms with Crippen LogP contribution in [0.3, 0.4) is 0 Å². The highest BCUT2D eigenvalue weighted by Gasteiger charge is 2.17. The molecule has 0 atom stereocenters. The third-order valence-corrected chi connectivity index (χ3v) is 6.25. The van der Waals surface area contributed by atoms with Gasteiger partial charge < -0.3 is 4.42 Å². The van der Waals surface area contributed by atoms with E-state index in [2.05, 4.69) is 46.4 Å². The molecule has 0 saturated heterocycles. The van der Waals surface area contributed by atoms with Gasteiger partial charge in [-0.2, -0.15) is 0 Å². The van der Waals surface area contributed by atoms with Gasteiger partial charge in [0, 0.05) is 30.2 Å². The Hall–Kier alpha value is -4.24. The normalized spacial score (nSPS) is 13.1. The lowest BCUT2D eigenvalue weighted by Crippen LogP contribution is -2.08. The molecule has 6 aromatic rings. The lowest BCUT2D eigenvalue weighted by molar-refractivity contribution is 0.411. The van der Waals surface area contributed by atoms with Crippen molar-refractivity contribution in [1.29, 1.82) is 0 Å². The van der Waals surface area contributed by atoms with E-state index in [1.807, 2.05) is 81.4 Å². The molecule has 0 aliphatic rings. The molecule has 3 nitrogen and oxygen atoms in total. The van der Waals surface area contributed by atoms with Gasteiger partial charge in [0.15, 0.2) is 0 Å². The van der Waals surface area contributed by atoms with E-state index < -0.39 is 11.8 Å². The Morgan fingerprint density at radius 1 is 0.667 bits per heavy atom. The molecule has 0 bridgehead atoms. The summed E-state index contributed by atoms with van der Waals surface area (Å²) >= 11 is 0. The van der Waals surface area contributed by atoms with Gasteiger partial charge in [-0.25, -0.2) is 9.97 Å². The fraction of sp³-hybridized carbons (Fsp3) is 0.152. The molecule has 3 heteroatoms. The summed E-state index contributed by atoms with van der Waals surface area (Å²) in [6.07, 6.45) is 0.127. The van der Waals surface area contributed by atoms with Gasteiger partial charge in [0.1, 0.15) is 17.5 Å². The van der Waals surface area contributed by atoms with Crippen molar-refractivity contribution in [2.24, 2.45) is 5.41 Å². The largest absolute Gasteiger partial charge is 0.455 e. The van der Waals surface area contributed by atoms with Crippen molar-refractivity contribution in [2.45, 2.75) is 27.1 Å². The van der Waals surface area contributed by atoms with Crippen LogP contribution in [-0.4, -0.2) is 9.97 Å². The van der Waals surface area contributed by atoms with E-state index in [0.29, 0.717) is 5.56 Å². The van der Waals surface area contributed by atoms with Gasteiger partial charge in [0.25, 0.3) is 0 Å². The highest BCUT2D eigenvalue weighted by atomic mass is 16.3. The molecular formula is C33H28N2O. The van der Waals surface area contributed by atoms with E-state index in [1.54, 1.807) is 6.33 Å². The van der Waals surface area contributed by atoms with E-state index in [4.69, 9.17) is 7.16 Å². The Morgan fingerprint density at radius 2 is 1.31 bits per heavy atom. The Labute approximate surface area is 214 Å². The second kappa shape index (κ2) is 8.76. The first-order valence-electron chi connectivity index (χ1n) is 13.2. The molecule has 0 N–H and O–H groups in total. The lowest BCUT2D eigenvalue weighted by atomic mass is 9.88. The first-order valence-corrected chi connectivity index (χ1v) is 12.2. The Morgan fingerprint density at radius 3 is 2.00 bits per heavy atom. The standard InChI is InChI=1S/C33H28N2O/c1-33(2,3)20-22-15-17-24(18-16-22)29-19-30(35-21-34-29)28-14-8-13-27-26-12-7-11-25(31(26)36-32(27)28)23-9-5-4-6-10-23/h4-19,21H,20H2,1-3H3/i20D2. The van der Waals surface area contributed by atoms with Crippen LogP contribution in [0.2, 0.25) is 0 Å². The molecule has 0 unspecified atom stereocenters. The molecule has 0 amide bonds. The fourth-order valence-corrected chi connectivity index (χ4v) is 4.69. The number of hydrogen-bond acceptors (Lipinski definition) is 3. The summed E-state index contributed by atoms with van der Waals surface area (Å²) in [5.74, 6) is 0. The molecule has 4 aromatic carbocycles. The molecule has 0 aliphatic heterocycles. The maximum atomic E-state index is 8.56. The summed E-state index contributed by atoms with van der Waals surface area (Å²) in [5.41, 5.74) is 7.33. The minimum absolute atomic E-state index is 0.512. The van der Waals surface area contributed by atoms with Crippen LogP contribution in [0.1, 0.15) is 29.1 Å². The van der Waals surface area contributed by atoms with Crippen molar-refractivity contribution < 1.29 is 7.16 Å². The molecule has 176 valence electrons. The molecule has 2 aromatic heterocycles. The van der Waals surface area contributed by atoms with Crippen LogP contribution in [-0.2, 0) is 6.37 Å². The number of hydrogen-bond donors (Lipinski definition) is 0. The summed E-state index contributed by atoms with van der Waals surface area (Å²) in [4.78, 5) is 9.11. The van der Waals surface area contributed by atoms with Gasteiger partial charge in [0.05, 0.1) is 11.4 Å². The molecule has 2 heterocycles. The van der Waals surface area contributed by atoms with Gasteiger partial charge in [-0.15, -0.1) is 0 Å². The van der Waals surface area contributed by atoms with Crippen LogP contribution >= 0.6 is 0 Å². The van der Waals surface area contributed by atoms with Crippen molar-refractivity contribution in [1.82, 2.24) is 9.97 Å². The highest BCUT2D eigenvalue weighted by molar-refractivity contribution is 6.12. The lowest BCUT2D eigenvalue weighted by Gasteiger charge is -2.18. The maximum Gasteiger partial charge on any atom is 0.144 e. The number of para-hydroxylation sites is 2. The smallest absolute Gasteiger partial charge is 0.144 e. The summed E-state index contributed by atoms with van der Waals surface area (Å²) in [7, 11) is 0. The first kappa shape index (κ1) is 20.0. The van der Waals surface area contributed by atoms with Gasteiger partial charge >= 0.3 is 0 Å². The van der Waals surface area contributed by atoms with E-state index >= 15 is 0 Å². The van der Waals surface area contributed by atoms with Gasteiger partial charge in [0.2, 0.25) is 0 Å². The molecule has 6 rings (SSSR count). The average Bonchev–Trinajstić information content (AvgIpc) is 3.32. The molecule has 0 spiro atoms. The van der Waals surface area contributed by atoms with E-state index in [9.17, 15) is 0 Å². The highest BCUT2D eigenvalue weighted by Crippen LogP contribution is 2.39. The van der Waals surface area contributed by atoms with E-state index in [1.165, 1.54) is 0 Å². The zero-order chi connectivity index (χ0) is 26.5. The first-order chi connectivity index (χ1) is 18.2. The van der Waals surface area contributed by atoms with Crippen LogP contribution in [0, 0.1) is 5.41 Å². The topological polar surface area (TPSA) is 38.9 Å². The number of furan rings is 1. The van der Waals surface area contributed by atoms with Crippen LogP contribution in [0.25, 0.3) is 55.6 Å². The third kappa shape index (κ3) is 4.18. The quantitative estimate of drug-likeness (QED) is 0.258. The third-order valence-electron chi connectivity index (χ3n) is 6.25. The Kier molecular flexibility index (Phi) is 4.87. The molecule has 0 fully saturated rings. The van der Waals surface area contributed by atoms with Crippen molar-refractivity contribution in [3.8, 4) is 33.6 Å².